The summed E-state index contributed by atoms with van der Waals surface area (Å²) in [6, 6.07) is 4.06. The van der Waals surface area contributed by atoms with Crippen LogP contribution >= 0.6 is 0 Å². The second-order valence-corrected chi connectivity index (χ2v) is 6.33. The SMILES string of the molecule is Cc1noc(C)c1C(=O)N1CCC[C@H](c2ccc3cn[nH]c3n2)C1. The molecule has 1 saturated heterocycles. The van der Waals surface area contributed by atoms with Crippen molar-refractivity contribution in [1.29, 1.82) is 0 Å². The van der Waals surface area contributed by atoms with Crippen LogP contribution in [0.15, 0.2) is 22.9 Å². The summed E-state index contributed by atoms with van der Waals surface area (Å²) in [5, 5.41) is 11.8. The van der Waals surface area contributed by atoms with Crippen molar-refractivity contribution < 1.29 is 9.32 Å². The molecule has 3 aromatic rings. The van der Waals surface area contributed by atoms with Gasteiger partial charge in [0.25, 0.3) is 5.91 Å². The van der Waals surface area contributed by atoms with Crippen LogP contribution in [0.5, 0.6) is 0 Å². The van der Waals surface area contributed by atoms with E-state index in [1.54, 1.807) is 20.0 Å². The number of nitrogens with one attached hydrogen (secondary N) is 1. The van der Waals surface area contributed by atoms with Crippen molar-refractivity contribution in [3.8, 4) is 0 Å². The first-order valence-electron chi connectivity index (χ1n) is 8.15. The maximum Gasteiger partial charge on any atom is 0.259 e. The number of carbonyl (C=O) groups is 1. The number of aryl methyl sites for hydroxylation is 2. The first-order chi connectivity index (χ1) is 11.6. The minimum absolute atomic E-state index is 0.00133. The van der Waals surface area contributed by atoms with Crippen LogP contribution in [0.25, 0.3) is 11.0 Å². The Bertz CT molecular complexity index is 878. The molecular weight excluding hydrogens is 306 g/mol. The predicted molar refractivity (Wildman–Crippen MR) is 87.7 cm³/mol. The van der Waals surface area contributed by atoms with Crippen molar-refractivity contribution in [1.82, 2.24) is 25.2 Å². The van der Waals surface area contributed by atoms with Crippen molar-refractivity contribution >= 4 is 16.9 Å². The number of hydrogen-bond donors (Lipinski definition) is 1. The summed E-state index contributed by atoms with van der Waals surface area (Å²) >= 11 is 0. The highest BCUT2D eigenvalue weighted by Gasteiger charge is 2.29. The molecule has 1 aliphatic heterocycles. The molecule has 0 radical (unpaired) electrons. The number of amides is 1. The zero-order valence-corrected chi connectivity index (χ0v) is 13.7. The van der Waals surface area contributed by atoms with Gasteiger partial charge in [0, 0.05) is 30.1 Å². The number of aromatic amines is 1. The van der Waals surface area contributed by atoms with Gasteiger partial charge in [-0.2, -0.15) is 5.10 Å². The van der Waals surface area contributed by atoms with Crippen molar-refractivity contribution in [2.45, 2.75) is 32.6 Å². The molecule has 0 saturated carbocycles. The summed E-state index contributed by atoms with van der Waals surface area (Å²) in [5.41, 5.74) is 3.04. The van der Waals surface area contributed by atoms with Gasteiger partial charge in [0.05, 0.1) is 11.9 Å². The molecule has 0 unspecified atom stereocenters. The minimum Gasteiger partial charge on any atom is -0.361 e. The molecule has 0 bridgehead atoms. The van der Waals surface area contributed by atoms with Crippen LogP contribution in [0, 0.1) is 13.8 Å². The van der Waals surface area contributed by atoms with Crippen molar-refractivity contribution in [2.24, 2.45) is 0 Å². The van der Waals surface area contributed by atoms with E-state index in [4.69, 9.17) is 4.52 Å². The van der Waals surface area contributed by atoms with Crippen LogP contribution in [0.4, 0.5) is 0 Å². The maximum atomic E-state index is 12.8. The number of rotatable bonds is 2. The second-order valence-electron chi connectivity index (χ2n) is 6.33. The Labute approximate surface area is 139 Å². The zero-order chi connectivity index (χ0) is 16.7. The summed E-state index contributed by atoms with van der Waals surface area (Å²) < 4.78 is 5.14. The minimum atomic E-state index is -0.00133. The first kappa shape index (κ1) is 14.9. The molecule has 3 aromatic heterocycles. The van der Waals surface area contributed by atoms with Crippen molar-refractivity contribution in [3.05, 3.63) is 41.0 Å². The summed E-state index contributed by atoms with van der Waals surface area (Å²) in [4.78, 5) is 19.4. The summed E-state index contributed by atoms with van der Waals surface area (Å²) in [5.74, 6) is 0.811. The third-order valence-electron chi connectivity index (χ3n) is 4.70. The van der Waals surface area contributed by atoms with Gasteiger partial charge >= 0.3 is 0 Å². The van der Waals surface area contributed by atoms with Crippen LogP contribution in [0.2, 0.25) is 0 Å². The number of hydrogen-bond acceptors (Lipinski definition) is 5. The van der Waals surface area contributed by atoms with E-state index in [-0.39, 0.29) is 11.8 Å². The number of likely N-dealkylation sites (tertiary alicyclic amines) is 1. The van der Waals surface area contributed by atoms with Crippen molar-refractivity contribution in [2.75, 3.05) is 13.1 Å². The summed E-state index contributed by atoms with van der Waals surface area (Å²) in [6.45, 7) is 5.00. The molecular formula is C17H19N5O2. The molecule has 1 amide bonds. The highest BCUT2D eigenvalue weighted by atomic mass is 16.5. The first-order valence-corrected chi connectivity index (χ1v) is 8.15. The van der Waals surface area contributed by atoms with Gasteiger partial charge in [-0.15, -0.1) is 0 Å². The molecule has 4 rings (SSSR count). The number of pyridine rings is 1. The number of nitrogens with zero attached hydrogens (tertiary/aromatic N) is 4. The Morgan fingerprint density at radius 3 is 3.04 bits per heavy atom. The number of aromatic nitrogens is 4. The van der Waals surface area contributed by atoms with Crippen molar-refractivity contribution in [3.63, 3.8) is 0 Å². The quantitative estimate of drug-likeness (QED) is 0.782. The average Bonchev–Trinajstić information content (AvgIpc) is 3.20. The second kappa shape index (κ2) is 5.74. The number of fused-ring (bicyclic) bond motifs is 1. The fourth-order valence-electron chi connectivity index (χ4n) is 3.42. The van der Waals surface area contributed by atoms with Crippen LogP contribution in [0.3, 0.4) is 0 Å². The lowest BCUT2D eigenvalue weighted by Gasteiger charge is -2.32. The number of piperidine rings is 1. The van der Waals surface area contributed by atoms with Crippen LogP contribution in [0.1, 0.15) is 46.3 Å². The van der Waals surface area contributed by atoms with Crippen LogP contribution < -0.4 is 0 Å². The van der Waals surface area contributed by atoms with E-state index >= 15 is 0 Å². The van der Waals surface area contributed by atoms with E-state index in [0.29, 0.717) is 23.6 Å². The molecule has 7 heteroatoms. The molecule has 24 heavy (non-hydrogen) atoms. The van der Waals surface area contributed by atoms with E-state index < -0.39 is 0 Å². The lowest BCUT2D eigenvalue weighted by atomic mass is 9.93. The molecule has 0 aliphatic carbocycles. The van der Waals surface area contributed by atoms with E-state index in [9.17, 15) is 4.79 Å². The highest BCUT2D eigenvalue weighted by molar-refractivity contribution is 5.96. The number of H-pyrrole nitrogens is 1. The lowest BCUT2D eigenvalue weighted by molar-refractivity contribution is 0.0703. The summed E-state index contributed by atoms with van der Waals surface area (Å²) in [6.07, 6.45) is 3.75. The Balaban J connectivity index is 1.58. The van der Waals surface area contributed by atoms with Gasteiger partial charge in [-0.3, -0.25) is 9.89 Å². The molecule has 4 heterocycles. The smallest absolute Gasteiger partial charge is 0.259 e. The Hall–Kier alpha value is -2.70. The van der Waals surface area contributed by atoms with E-state index in [2.05, 4.69) is 20.3 Å². The Kier molecular flexibility index (Phi) is 3.55. The molecule has 0 spiro atoms. The molecule has 124 valence electrons. The lowest BCUT2D eigenvalue weighted by Crippen LogP contribution is -2.39. The van der Waals surface area contributed by atoms with Gasteiger partial charge in [0.2, 0.25) is 0 Å². The van der Waals surface area contributed by atoms with Gasteiger partial charge in [-0.25, -0.2) is 4.98 Å². The fourth-order valence-corrected chi connectivity index (χ4v) is 3.42. The van der Waals surface area contributed by atoms with Gasteiger partial charge in [-0.1, -0.05) is 5.16 Å². The predicted octanol–water partition coefficient (Wildman–Crippen LogP) is 2.58. The standard InChI is InChI=1S/C17H19N5O2/c1-10-15(11(2)24-21-10)17(23)22-7-3-4-13(9-22)14-6-5-12-8-18-20-16(12)19-14/h5-6,8,13H,3-4,7,9H2,1-2H3,(H,18,19,20)/t13-/m0/s1. The number of carbonyl (C=O) groups excluding carboxylic acids is 1. The Morgan fingerprint density at radius 1 is 1.38 bits per heavy atom. The third kappa shape index (κ3) is 2.46. The van der Waals surface area contributed by atoms with E-state index in [0.717, 1.165) is 36.1 Å². The molecule has 7 nitrogen and oxygen atoms in total. The Morgan fingerprint density at radius 2 is 2.25 bits per heavy atom. The van der Waals surface area contributed by atoms with E-state index in [1.807, 2.05) is 17.0 Å². The topological polar surface area (TPSA) is 87.9 Å². The van der Waals surface area contributed by atoms with Gasteiger partial charge in [-0.05, 0) is 38.8 Å². The van der Waals surface area contributed by atoms with E-state index in [1.165, 1.54) is 0 Å². The monoisotopic (exact) mass is 325 g/mol. The zero-order valence-electron chi connectivity index (χ0n) is 13.7. The van der Waals surface area contributed by atoms with Gasteiger partial charge < -0.3 is 9.42 Å². The molecule has 1 fully saturated rings. The average molecular weight is 325 g/mol. The molecule has 0 aromatic carbocycles. The normalized spacial score (nSPS) is 18.2. The van der Waals surface area contributed by atoms with Gasteiger partial charge in [0.15, 0.2) is 5.65 Å². The summed E-state index contributed by atoms with van der Waals surface area (Å²) in [7, 11) is 0. The highest BCUT2D eigenvalue weighted by Crippen LogP contribution is 2.28. The third-order valence-corrected chi connectivity index (χ3v) is 4.70. The van der Waals surface area contributed by atoms with Crippen LogP contribution in [-0.2, 0) is 0 Å². The van der Waals surface area contributed by atoms with Gasteiger partial charge in [0.1, 0.15) is 11.3 Å². The molecule has 1 N–H and O–H groups in total. The molecule has 1 aliphatic rings. The maximum absolute atomic E-state index is 12.8. The fraction of sp³-hybridized carbons (Fsp3) is 0.412. The van der Waals surface area contributed by atoms with Crippen LogP contribution in [-0.4, -0.2) is 44.2 Å². The largest absolute Gasteiger partial charge is 0.361 e. The molecule has 1 atom stereocenters.